The first kappa shape index (κ1) is 19.9. The van der Waals surface area contributed by atoms with Crippen molar-refractivity contribution in [3.63, 3.8) is 0 Å². The first-order valence-electron chi connectivity index (χ1n) is 8.94. The summed E-state index contributed by atoms with van der Waals surface area (Å²) >= 11 is 5.98. The topological polar surface area (TPSA) is 75.7 Å². The Morgan fingerprint density at radius 3 is 2.50 bits per heavy atom. The van der Waals surface area contributed by atoms with Crippen molar-refractivity contribution in [2.75, 3.05) is 23.4 Å². The predicted octanol–water partition coefficient (Wildman–Crippen LogP) is 3.49. The van der Waals surface area contributed by atoms with Gasteiger partial charge in [0.05, 0.1) is 16.6 Å². The molecule has 1 saturated heterocycles. The lowest BCUT2D eigenvalue weighted by Crippen LogP contribution is -2.29. The fourth-order valence-corrected chi connectivity index (χ4v) is 3.50. The maximum atomic E-state index is 12.4. The number of hydrogen-bond acceptors (Lipinski definition) is 4. The summed E-state index contributed by atoms with van der Waals surface area (Å²) in [6.45, 7) is 3.67. The smallest absolute Gasteiger partial charge is 0.311 e. The lowest BCUT2D eigenvalue weighted by Gasteiger charge is -2.21. The summed E-state index contributed by atoms with van der Waals surface area (Å²) in [5.74, 6) is -1.77. The van der Waals surface area contributed by atoms with Gasteiger partial charge in [0.1, 0.15) is 0 Å². The normalized spacial score (nSPS) is 16.2. The summed E-state index contributed by atoms with van der Waals surface area (Å²) in [4.78, 5) is 38.4. The molecular weight excluding hydrogens is 380 g/mol. The number of carbonyl (C=O) groups excluding carboxylic acids is 3. The molecule has 6 nitrogen and oxygen atoms in total. The van der Waals surface area contributed by atoms with Gasteiger partial charge in [0.15, 0.2) is 6.61 Å². The van der Waals surface area contributed by atoms with Crippen LogP contribution in [0.4, 0.5) is 11.4 Å². The number of rotatable bonds is 5. The summed E-state index contributed by atoms with van der Waals surface area (Å²) in [5.41, 5.74) is 3.23. The Morgan fingerprint density at radius 1 is 1.14 bits per heavy atom. The second-order valence-electron chi connectivity index (χ2n) is 6.78. The second-order valence-corrected chi connectivity index (χ2v) is 7.19. The number of nitrogens with zero attached hydrogens (tertiary/aromatic N) is 1. The SMILES string of the molecule is Cc1cccc(C)c1N1C[C@H](C(=O)OCC(=O)Nc2ccccc2Cl)CC1=O. The standard InChI is InChI=1S/C21H21ClN2O4/c1-13-6-5-7-14(2)20(13)24-11-15(10-19(24)26)21(27)28-12-18(25)23-17-9-4-3-8-16(17)22/h3-9,15H,10-12H2,1-2H3,(H,23,25)/t15-/m1/s1. The molecule has 2 amide bonds. The highest BCUT2D eigenvalue weighted by Crippen LogP contribution is 2.31. The molecule has 1 fully saturated rings. The Labute approximate surface area is 168 Å². The Balaban J connectivity index is 1.58. The number of carbonyl (C=O) groups is 3. The van der Waals surface area contributed by atoms with E-state index in [9.17, 15) is 14.4 Å². The van der Waals surface area contributed by atoms with E-state index in [-0.39, 0.29) is 18.9 Å². The van der Waals surface area contributed by atoms with Crippen LogP contribution in [-0.4, -0.2) is 30.9 Å². The van der Waals surface area contributed by atoms with Crippen LogP contribution < -0.4 is 10.2 Å². The summed E-state index contributed by atoms with van der Waals surface area (Å²) in [5, 5.41) is 2.99. The summed E-state index contributed by atoms with van der Waals surface area (Å²) < 4.78 is 5.12. The van der Waals surface area contributed by atoms with Crippen molar-refractivity contribution < 1.29 is 19.1 Å². The zero-order chi connectivity index (χ0) is 20.3. The molecule has 0 aromatic heterocycles. The average molecular weight is 401 g/mol. The second kappa shape index (κ2) is 8.44. The van der Waals surface area contributed by atoms with E-state index in [0.717, 1.165) is 16.8 Å². The molecule has 0 unspecified atom stereocenters. The number of hydrogen-bond donors (Lipinski definition) is 1. The molecule has 1 N–H and O–H groups in total. The predicted molar refractivity (Wildman–Crippen MR) is 107 cm³/mol. The van der Waals surface area contributed by atoms with E-state index >= 15 is 0 Å². The zero-order valence-corrected chi connectivity index (χ0v) is 16.5. The van der Waals surface area contributed by atoms with Gasteiger partial charge in [0, 0.05) is 18.7 Å². The molecule has 0 aliphatic carbocycles. The number of anilines is 2. The van der Waals surface area contributed by atoms with Crippen molar-refractivity contribution in [3.05, 3.63) is 58.6 Å². The fourth-order valence-electron chi connectivity index (χ4n) is 3.32. The van der Waals surface area contributed by atoms with Crippen molar-refractivity contribution >= 4 is 40.8 Å². The first-order chi connectivity index (χ1) is 13.4. The van der Waals surface area contributed by atoms with E-state index in [1.165, 1.54) is 0 Å². The Hall–Kier alpha value is -2.86. The first-order valence-corrected chi connectivity index (χ1v) is 9.32. The minimum Gasteiger partial charge on any atom is -0.455 e. The Morgan fingerprint density at radius 2 is 1.82 bits per heavy atom. The van der Waals surface area contributed by atoms with Gasteiger partial charge >= 0.3 is 5.97 Å². The van der Waals surface area contributed by atoms with Crippen molar-refractivity contribution in [3.8, 4) is 0 Å². The van der Waals surface area contributed by atoms with Crippen LogP contribution in [0.15, 0.2) is 42.5 Å². The van der Waals surface area contributed by atoms with Crippen LogP contribution in [0, 0.1) is 19.8 Å². The molecule has 2 aromatic rings. The van der Waals surface area contributed by atoms with Gasteiger partial charge in [-0.1, -0.05) is 41.9 Å². The van der Waals surface area contributed by atoms with E-state index in [4.69, 9.17) is 16.3 Å². The van der Waals surface area contributed by atoms with Gasteiger partial charge < -0.3 is 15.0 Å². The molecular formula is C21H21ClN2O4. The summed E-state index contributed by atoms with van der Waals surface area (Å²) in [6.07, 6.45) is 0.0682. The number of para-hydroxylation sites is 2. The monoisotopic (exact) mass is 400 g/mol. The lowest BCUT2D eigenvalue weighted by atomic mass is 10.1. The molecule has 0 saturated carbocycles. The molecule has 0 spiro atoms. The molecule has 3 rings (SSSR count). The number of aryl methyl sites for hydroxylation is 2. The maximum absolute atomic E-state index is 12.4. The molecule has 7 heteroatoms. The lowest BCUT2D eigenvalue weighted by molar-refractivity contribution is -0.151. The van der Waals surface area contributed by atoms with Crippen LogP contribution in [0.3, 0.4) is 0 Å². The quantitative estimate of drug-likeness (QED) is 0.779. The van der Waals surface area contributed by atoms with Crippen molar-refractivity contribution in [1.29, 1.82) is 0 Å². The van der Waals surface area contributed by atoms with Gasteiger partial charge in [0.2, 0.25) is 5.91 Å². The molecule has 0 bridgehead atoms. The molecule has 1 atom stereocenters. The number of benzene rings is 2. The fraction of sp³-hybridized carbons (Fsp3) is 0.286. The largest absolute Gasteiger partial charge is 0.455 e. The van der Waals surface area contributed by atoms with Crippen LogP contribution >= 0.6 is 11.6 Å². The molecule has 28 heavy (non-hydrogen) atoms. The minimum absolute atomic E-state index is 0.0682. The van der Waals surface area contributed by atoms with Crippen LogP contribution in [-0.2, 0) is 19.1 Å². The highest BCUT2D eigenvalue weighted by atomic mass is 35.5. The Kier molecular flexibility index (Phi) is 5.99. The van der Waals surface area contributed by atoms with E-state index in [0.29, 0.717) is 10.7 Å². The number of halogens is 1. The average Bonchev–Trinajstić information content (AvgIpc) is 3.03. The molecule has 1 heterocycles. The van der Waals surface area contributed by atoms with E-state index in [2.05, 4.69) is 5.32 Å². The van der Waals surface area contributed by atoms with E-state index in [1.807, 2.05) is 32.0 Å². The zero-order valence-electron chi connectivity index (χ0n) is 15.7. The molecule has 1 aliphatic heterocycles. The third-order valence-electron chi connectivity index (χ3n) is 4.66. The molecule has 0 radical (unpaired) electrons. The van der Waals surface area contributed by atoms with Gasteiger partial charge in [-0.2, -0.15) is 0 Å². The summed E-state index contributed by atoms with van der Waals surface area (Å²) in [6, 6.07) is 12.6. The minimum atomic E-state index is -0.598. The summed E-state index contributed by atoms with van der Waals surface area (Å²) in [7, 11) is 0. The molecule has 146 valence electrons. The van der Waals surface area contributed by atoms with Crippen LogP contribution in [0.25, 0.3) is 0 Å². The van der Waals surface area contributed by atoms with Crippen LogP contribution in [0.5, 0.6) is 0 Å². The number of amides is 2. The third-order valence-corrected chi connectivity index (χ3v) is 4.99. The van der Waals surface area contributed by atoms with Crippen LogP contribution in [0.1, 0.15) is 17.5 Å². The maximum Gasteiger partial charge on any atom is 0.311 e. The Bertz CT molecular complexity index is 908. The third kappa shape index (κ3) is 4.34. The van der Waals surface area contributed by atoms with E-state index in [1.54, 1.807) is 29.2 Å². The molecule has 1 aliphatic rings. The highest BCUT2D eigenvalue weighted by Gasteiger charge is 2.37. The number of ether oxygens (including phenoxy) is 1. The van der Waals surface area contributed by atoms with Gasteiger partial charge in [0.25, 0.3) is 5.91 Å². The van der Waals surface area contributed by atoms with Gasteiger partial charge in [-0.15, -0.1) is 0 Å². The van der Waals surface area contributed by atoms with E-state index < -0.39 is 24.4 Å². The van der Waals surface area contributed by atoms with Crippen molar-refractivity contribution in [2.45, 2.75) is 20.3 Å². The van der Waals surface area contributed by atoms with Gasteiger partial charge in [-0.3, -0.25) is 14.4 Å². The van der Waals surface area contributed by atoms with Crippen LogP contribution in [0.2, 0.25) is 5.02 Å². The van der Waals surface area contributed by atoms with Crippen molar-refractivity contribution in [2.24, 2.45) is 5.92 Å². The number of nitrogens with one attached hydrogen (secondary N) is 1. The van der Waals surface area contributed by atoms with Gasteiger partial charge in [-0.25, -0.2) is 0 Å². The van der Waals surface area contributed by atoms with Crippen molar-refractivity contribution in [1.82, 2.24) is 0 Å². The number of esters is 1. The molecule has 2 aromatic carbocycles. The van der Waals surface area contributed by atoms with Gasteiger partial charge in [-0.05, 0) is 37.1 Å². The highest BCUT2D eigenvalue weighted by molar-refractivity contribution is 6.33.